The fourth-order valence-corrected chi connectivity index (χ4v) is 2.67. The van der Waals surface area contributed by atoms with Crippen LogP contribution in [0.2, 0.25) is 0 Å². The summed E-state index contributed by atoms with van der Waals surface area (Å²) in [5.41, 5.74) is 1.20. The Labute approximate surface area is 82.7 Å². The summed E-state index contributed by atoms with van der Waals surface area (Å²) in [5, 5.41) is 0. The molecule has 0 heterocycles. The first-order chi connectivity index (χ1) is 5.56. The Kier molecular flexibility index (Phi) is 3.20. The maximum atomic E-state index is 11.8. The van der Waals surface area contributed by atoms with Crippen molar-refractivity contribution in [1.29, 1.82) is 0 Å². The minimum absolute atomic E-state index is 0.925. The van der Waals surface area contributed by atoms with Crippen molar-refractivity contribution >= 4 is 7.36 Å². The molecule has 1 aromatic carbocycles. The van der Waals surface area contributed by atoms with E-state index in [1.165, 1.54) is 5.56 Å². The molecule has 0 radical (unpaired) electrons. The Morgan fingerprint density at radius 3 is 2.25 bits per heavy atom. The summed E-state index contributed by atoms with van der Waals surface area (Å²) in [5.74, 6) is 1.77. The van der Waals surface area contributed by atoms with Crippen LogP contribution in [-0.2, 0) is 24.2 Å². The summed E-state index contributed by atoms with van der Waals surface area (Å²) in [7, 11) is -1.86. The topological polar surface area (TPSA) is 17.1 Å². The van der Waals surface area contributed by atoms with Crippen LogP contribution in [0, 0.1) is 12.7 Å². The quantitative estimate of drug-likeness (QED) is 0.742. The van der Waals surface area contributed by atoms with Gasteiger partial charge in [-0.1, -0.05) is 0 Å². The number of hydrogen-bond acceptors (Lipinski definition) is 1. The molecule has 0 aliphatic carbocycles. The standard InChI is InChI=1S/C9H11OS.Os/c1-3-11(10)9-6-4-8(2)5-7-9;/h3-7H,1-2H3;/q-1;. The number of hydrogen-bond donors (Lipinski definition) is 0. The fraction of sp³-hybridized carbons (Fsp3) is 0.222. The predicted octanol–water partition coefficient (Wildman–Crippen LogP) is 2.28. The molecule has 0 saturated carbocycles. The Morgan fingerprint density at radius 2 is 1.83 bits per heavy atom. The third-order valence-corrected chi connectivity index (χ3v) is 6.72. The number of aryl methyl sites for hydroxylation is 1. The van der Waals surface area contributed by atoms with Gasteiger partial charge in [-0.25, -0.2) is 0 Å². The summed E-state index contributed by atoms with van der Waals surface area (Å²) in [6.07, 6.45) is 0. The molecule has 0 N–H and O–H groups in total. The molecule has 12 heavy (non-hydrogen) atoms. The van der Waals surface area contributed by atoms with Crippen molar-refractivity contribution in [2.75, 3.05) is 0 Å². The second-order valence-corrected chi connectivity index (χ2v) is 9.15. The molecule has 0 saturated heterocycles. The van der Waals surface area contributed by atoms with Crippen LogP contribution in [0.3, 0.4) is 0 Å². The van der Waals surface area contributed by atoms with E-state index in [1.54, 1.807) is 22.6 Å². The van der Waals surface area contributed by atoms with E-state index in [4.69, 9.17) is 0 Å². The van der Waals surface area contributed by atoms with E-state index in [2.05, 4.69) is 0 Å². The summed E-state index contributed by atoms with van der Waals surface area (Å²) in [6.45, 7) is 3.87. The summed E-state index contributed by atoms with van der Waals surface area (Å²) < 4.78 is 11.8. The average molecular weight is 357 g/mol. The maximum absolute atomic E-state index is 11.8. The van der Waals surface area contributed by atoms with E-state index in [-0.39, 0.29) is 0 Å². The second-order valence-electron chi connectivity index (χ2n) is 2.56. The van der Waals surface area contributed by atoms with Gasteiger partial charge in [0.05, 0.1) is 0 Å². The second kappa shape index (κ2) is 3.81. The van der Waals surface area contributed by atoms with E-state index in [0.717, 1.165) is 4.90 Å². The molecule has 0 amide bonds. The molecular weight excluding hydrogens is 346 g/mol. The molecule has 0 aliphatic rings. The van der Waals surface area contributed by atoms with E-state index in [9.17, 15) is 4.21 Å². The van der Waals surface area contributed by atoms with E-state index in [0.29, 0.717) is 0 Å². The molecule has 1 rings (SSSR count). The van der Waals surface area contributed by atoms with Crippen LogP contribution in [0.15, 0.2) is 29.2 Å². The van der Waals surface area contributed by atoms with E-state index < -0.39 is 7.36 Å². The van der Waals surface area contributed by atoms with Gasteiger partial charge in [-0.05, 0) is 0 Å². The SMILES string of the molecule is C[CH-][S](=O)(=[Os])c1ccc(C)cc1. The van der Waals surface area contributed by atoms with Crippen LogP contribution in [0.25, 0.3) is 0 Å². The molecule has 1 atom stereocenters. The van der Waals surface area contributed by atoms with Gasteiger partial charge in [0.2, 0.25) is 0 Å². The van der Waals surface area contributed by atoms with Gasteiger partial charge in [0.25, 0.3) is 0 Å². The van der Waals surface area contributed by atoms with Crippen molar-refractivity contribution in [3.8, 4) is 0 Å². The van der Waals surface area contributed by atoms with Crippen molar-refractivity contribution in [2.24, 2.45) is 0 Å². The first kappa shape index (κ1) is 10.1. The molecular formula is C9H11OOsS-. The van der Waals surface area contributed by atoms with Gasteiger partial charge in [-0.2, -0.15) is 0 Å². The molecule has 0 bridgehead atoms. The molecule has 68 valence electrons. The van der Waals surface area contributed by atoms with Crippen LogP contribution in [0.1, 0.15) is 12.5 Å². The van der Waals surface area contributed by atoms with Crippen LogP contribution in [0.5, 0.6) is 0 Å². The molecule has 3 heteroatoms. The summed E-state index contributed by atoms with van der Waals surface area (Å²) in [6, 6.07) is 7.86. The number of benzene rings is 1. The molecule has 0 fully saturated rings. The summed E-state index contributed by atoms with van der Waals surface area (Å²) in [4.78, 5) is 0.925. The van der Waals surface area contributed by atoms with Crippen LogP contribution in [-0.4, -0.2) is 4.21 Å². The molecule has 1 aromatic rings. The molecule has 1 unspecified atom stereocenters. The Balaban J connectivity index is 3.14. The van der Waals surface area contributed by atoms with Crippen molar-refractivity contribution in [3.05, 3.63) is 35.6 Å². The zero-order chi connectivity index (χ0) is 9.19. The van der Waals surface area contributed by atoms with Gasteiger partial charge in [-0.15, -0.1) is 0 Å². The van der Waals surface area contributed by atoms with Crippen molar-refractivity contribution in [1.82, 2.24) is 0 Å². The Hall–Kier alpha value is 0.00636. The first-order valence-corrected chi connectivity index (χ1v) is 8.26. The van der Waals surface area contributed by atoms with Crippen molar-refractivity contribution < 1.29 is 21.0 Å². The predicted molar refractivity (Wildman–Crippen MR) is 47.6 cm³/mol. The zero-order valence-electron chi connectivity index (χ0n) is 7.06. The average Bonchev–Trinajstić information content (AvgIpc) is 2.05. The van der Waals surface area contributed by atoms with Crippen LogP contribution < -0.4 is 0 Å². The van der Waals surface area contributed by atoms with Gasteiger partial charge in [0, 0.05) is 0 Å². The molecule has 0 aliphatic heterocycles. The molecule has 1 nitrogen and oxygen atoms in total. The zero-order valence-corrected chi connectivity index (χ0v) is 10.4. The van der Waals surface area contributed by atoms with Gasteiger partial charge in [0.1, 0.15) is 0 Å². The van der Waals surface area contributed by atoms with Crippen molar-refractivity contribution in [3.63, 3.8) is 0 Å². The first-order valence-electron chi connectivity index (χ1n) is 3.65. The van der Waals surface area contributed by atoms with E-state index >= 15 is 0 Å². The third-order valence-electron chi connectivity index (χ3n) is 1.63. The normalized spacial score (nSPS) is 15.6. The molecule has 0 aromatic heterocycles. The Bertz CT molecular complexity index is 351. The minimum atomic E-state index is -1.86. The van der Waals surface area contributed by atoms with Gasteiger partial charge in [-0.3, -0.25) is 0 Å². The molecule has 0 spiro atoms. The van der Waals surface area contributed by atoms with Gasteiger partial charge in [0.15, 0.2) is 0 Å². The van der Waals surface area contributed by atoms with Gasteiger partial charge >= 0.3 is 82.7 Å². The van der Waals surface area contributed by atoms with Crippen LogP contribution >= 0.6 is 0 Å². The fourth-order valence-electron chi connectivity index (χ4n) is 0.857. The van der Waals surface area contributed by atoms with E-state index in [1.807, 2.05) is 38.1 Å². The number of rotatable bonds is 2. The Morgan fingerprint density at radius 1 is 1.33 bits per heavy atom. The van der Waals surface area contributed by atoms with Crippen molar-refractivity contribution in [2.45, 2.75) is 18.7 Å². The van der Waals surface area contributed by atoms with Crippen LogP contribution in [0.4, 0.5) is 0 Å². The van der Waals surface area contributed by atoms with Gasteiger partial charge < -0.3 is 0 Å². The summed E-state index contributed by atoms with van der Waals surface area (Å²) >= 11 is 1.55. The third kappa shape index (κ3) is 2.25. The monoisotopic (exact) mass is 359 g/mol.